The summed E-state index contributed by atoms with van der Waals surface area (Å²) in [6.45, 7) is 2.76. The van der Waals surface area contributed by atoms with E-state index in [2.05, 4.69) is 17.2 Å². The SMILES string of the molecule is CCCCOc1ccc(C(=O)NC2CCC(Oc3ccc(C(F)(F)F)cn3)CC2)cc1. The number of halogens is 3. The van der Waals surface area contributed by atoms with Crippen LogP contribution in [0.15, 0.2) is 42.6 Å². The second-order valence-corrected chi connectivity index (χ2v) is 7.67. The maximum Gasteiger partial charge on any atom is 0.417 e. The van der Waals surface area contributed by atoms with E-state index in [4.69, 9.17) is 9.47 Å². The zero-order valence-corrected chi connectivity index (χ0v) is 17.5. The van der Waals surface area contributed by atoms with Crippen LogP contribution < -0.4 is 14.8 Å². The molecule has 0 unspecified atom stereocenters. The Kier molecular flexibility index (Phi) is 7.76. The summed E-state index contributed by atoms with van der Waals surface area (Å²) in [7, 11) is 0. The Morgan fingerprint density at radius 2 is 1.81 bits per heavy atom. The van der Waals surface area contributed by atoms with Gasteiger partial charge >= 0.3 is 6.18 Å². The summed E-state index contributed by atoms with van der Waals surface area (Å²) in [6.07, 6.45) is 1.14. The second kappa shape index (κ2) is 10.5. The molecule has 3 rings (SSSR count). The lowest BCUT2D eigenvalue weighted by Gasteiger charge is -2.29. The van der Waals surface area contributed by atoms with Crippen LogP contribution in [-0.2, 0) is 6.18 Å². The number of nitrogens with zero attached hydrogens (tertiary/aromatic N) is 1. The zero-order chi connectivity index (χ0) is 22.3. The normalized spacial score (nSPS) is 19.0. The van der Waals surface area contributed by atoms with Crippen molar-refractivity contribution in [3.63, 3.8) is 0 Å². The lowest BCUT2D eigenvalue weighted by atomic mass is 9.92. The molecule has 1 heterocycles. The Bertz CT molecular complexity index is 831. The fourth-order valence-corrected chi connectivity index (χ4v) is 3.42. The topological polar surface area (TPSA) is 60.5 Å². The number of ether oxygens (including phenoxy) is 2. The first-order chi connectivity index (χ1) is 14.8. The van der Waals surface area contributed by atoms with E-state index in [9.17, 15) is 18.0 Å². The lowest BCUT2D eigenvalue weighted by molar-refractivity contribution is -0.137. The van der Waals surface area contributed by atoms with Crippen molar-refractivity contribution in [1.29, 1.82) is 0 Å². The van der Waals surface area contributed by atoms with Gasteiger partial charge in [0.15, 0.2) is 0 Å². The Labute approximate surface area is 180 Å². The second-order valence-electron chi connectivity index (χ2n) is 7.67. The van der Waals surface area contributed by atoms with Gasteiger partial charge in [-0.3, -0.25) is 4.79 Å². The largest absolute Gasteiger partial charge is 0.494 e. The van der Waals surface area contributed by atoms with E-state index in [1.807, 2.05) is 0 Å². The van der Waals surface area contributed by atoms with Gasteiger partial charge in [0, 0.05) is 23.9 Å². The van der Waals surface area contributed by atoms with Gasteiger partial charge in [0.25, 0.3) is 5.91 Å². The van der Waals surface area contributed by atoms with Crippen LogP contribution in [-0.4, -0.2) is 29.6 Å². The van der Waals surface area contributed by atoms with Crippen molar-refractivity contribution in [2.75, 3.05) is 6.61 Å². The number of carbonyl (C=O) groups is 1. The minimum Gasteiger partial charge on any atom is -0.494 e. The molecule has 0 radical (unpaired) electrons. The van der Waals surface area contributed by atoms with Crippen LogP contribution in [0.3, 0.4) is 0 Å². The van der Waals surface area contributed by atoms with E-state index < -0.39 is 11.7 Å². The summed E-state index contributed by atoms with van der Waals surface area (Å²) in [5.41, 5.74) is -0.220. The number of unbranched alkanes of at least 4 members (excludes halogenated alkanes) is 1. The molecule has 1 N–H and O–H groups in total. The average molecular weight is 436 g/mol. The van der Waals surface area contributed by atoms with Gasteiger partial charge in [-0.15, -0.1) is 0 Å². The van der Waals surface area contributed by atoms with Gasteiger partial charge in [-0.25, -0.2) is 4.98 Å². The fraction of sp³-hybridized carbons (Fsp3) is 0.478. The van der Waals surface area contributed by atoms with Crippen LogP contribution in [0.1, 0.15) is 61.4 Å². The van der Waals surface area contributed by atoms with Gasteiger partial charge in [-0.05, 0) is 62.4 Å². The highest BCUT2D eigenvalue weighted by Crippen LogP contribution is 2.30. The minimum atomic E-state index is -4.41. The van der Waals surface area contributed by atoms with Crippen LogP contribution in [0.25, 0.3) is 0 Å². The van der Waals surface area contributed by atoms with Crippen molar-refractivity contribution >= 4 is 5.91 Å². The monoisotopic (exact) mass is 436 g/mol. The van der Waals surface area contributed by atoms with Crippen LogP contribution in [0.2, 0.25) is 0 Å². The molecule has 1 fully saturated rings. The van der Waals surface area contributed by atoms with Gasteiger partial charge in [0.1, 0.15) is 11.9 Å². The molecule has 2 aromatic rings. The van der Waals surface area contributed by atoms with Gasteiger partial charge in [0.2, 0.25) is 5.88 Å². The first kappa shape index (κ1) is 22.9. The predicted octanol–water partition coefficient (Wildman–Crippen LogP) is 5.40. The van der Waals surface area contributed by atoms with Crippen molar-refractivity contribution in [2.24, 2.45) is 0 Å². The molecule has 1 aliphatic rings. The average Bonchev–Trinajstić information content (AvgIpc) is 2.75. The van der Waals surface area contributed by atoms with E-state index in [0.717, 1.165) is 43.7 Å². The van der Waals surface area contributed by atoms with E-state index in [-0.39, 0.29) is 23.9 Å². The molecule has 1 aromatic carbocycles. The number of alkyl halides is 3. The molecule has 1 aromatic heterocycles. The molecule has 8 heteroatoms. The summed E-state index contributed by atoms with van der Waals surface area (Å²) < 4.78 is 49.1. The predicted molar refractivity (Wildman–Crippen MR) is 110 cm³/mol. The third kappa shape index (κ3) is 6.87. The Morgan fingerprint density at radius 1 is 1.10 bits per heavy atom. The van der Waals surface area contributed by atoms with E-state index >= 15 is 0 Å². The molecule has 1 saturated carbocycles. The standard InChI is InChI=1S/C23H27F3N2O3/c1-2-3-14-30-19-9-4-16(5-10-19)22(29)28-18-7-11-20(12-8-18)31-21-13-6-17(15-27-21)23(24,25)26/h4-6,9-10,13,15,18,20H,2-3,7-8,11-12,14H2,1H3,(H,28,29). The summed E-state index contributed by atoms with van der Waals surface area (Å²) in [5, 5.41) is 3.04. The van der Waals surface area contributed by atoms with Crippen molar-refractivity contribution < 1.29 is 27.4 Å². The highest BCUT2D eigenvalue weighted by molar-refractivity contribution is 5.94. The van der Waals surface area contributed by atoms with Crippen LogP contribution in [0.5, 0.6) is 11.6 Å². The summed E-state index contributed by atoms with van der Waals surface area (Å²) >= 11 is 0. The molecule has 0 spiro atoms. The highest BCUT2D eigenvalue weighted by Gasteiger charge is 2.31. The first-order valence-electron chi connectivity index (χ1n) is 10.6. The number of amides is 1. The number of benzene rings is 1. The molecule has 168 valence electrons. The van der Waals surface area contributed by atoms with E-state index in [1.165, 1.54) is 6.07 Å². The minimum absolute atomic E-state index is 0.0356. The molecule has 0 aliphatic heterocycles. The molecule has 31 heavy (non-hydrogen) atoms. The highest BCUT2D eigenvalue weighted by atomic mass is 19.4. The number of carbonyl (C=O) groups excluding carboxylic acids is 1. The van der Waals surface area contributed by atoms with E-state index in [0.29, 0.717) is 25.0 Å². The Hall–Kier alpha value is -2.77. The number of nitrogens with one attached hydrogen (secondary N) is 1. The molecular weight excluding hydrogens is 409 g/mol. The van der Waals surface area contributed by atoms with Crippen LogP contribution in [0.4, 0.5) is 13.2 Å². The van der Waals surface area contributed by atoms with Gasteiger partial charge < -0.3 is 14.8 Å². The lowest BCUT2D eigenvalue weighted by Crippen LogP contribution is -2.39. The molecule has 0 saturated heterocycles. The van der Waals surface area contributed by atoms with Gasteiger partial charge in [0.05, 0.1) is 12.2 Å². The van der Waals surface area contributed by atoms with Gasteiger partial charge in [-0.2, -0.15) is 13.2 Å². The quantitative estimate of drug-likeness (QED) is 0.563. The van der Waals surface area contributed by atoms with Crippen molar-refractivity contribution in [1.82, 2.24) is 10.3 Å². The number of rotatable bonds is 8. The van der Waals surface area contributed by atoms with Crippen molar-refractivity contribution in [3.05, 3.63) is 53.7 Å². The molecule has 1 amide bonds. The van der Waals surface area contributed by atoms with Crippen molar-refractivity contribution in [2.45, 2.75) is 63.8 Å². The summed E-state index contributed by atoms with van der Waals surface area (Å²) in [5.74, 6) is 0.801. The molecule has 0 atom stereocenters. The molecule has 1 aliphatic carbocycles. The maximum absolute atomic E-state index is 12.6. The zero-order valence-electron chi connectivity index (χ0n) is 17.5. The van der Waals surface area contributed by atoms with E-state index in [1.54, 1.807) is 24.3 Å². The third-order valence-corrected chi connectivity index (χ3v) is 5.24. The first-order valence-corrected chi connectivity index (χ1v) is 10.6. The Balaban J connectivity index is 1.43. The molecule has 5 nitrogen and oxygen atoms in total. The maximum atomic E-state index is 12.6. The third-order valence-electron chi connectivity index (χ3n) is 5.24. The summed E-state index contributed by atoms with van der Waals surface area (Å²) in [4.78, 5) is 16.2. The fourth-order valence-electron chi connectivity index (χ4n) is 3.42. The number of hydrogen-bond donors (Lipinski definition) is 1. The summed E-state index contributed by atoms with van der Waals surface area (Å²) in [6, 6.07) is 9.34. The molecular formula is C23H27F3N2O3. The Morgan fingerprint density at radius 3 is 2.39 bits per heavy atom. The van der Waals surface area contributed by atoms with Gasteiger partial charge in [-0.1, -0.05) is 13.3 Å². The number of pyridine rings is 1. The number of hydrogen-bond acceptors (Lipinski definition) is 4. The number of aromatic nitrogens is 1. The van der Waals surface area contributed by atoms with Crippen LogP contribution in [0, 0.1) is 0 Å². The molecule has 0 bridgehead atoms. The van der Waals surface area contributed by atoms with Crippen molar-refractivity contribution in [3.8, 4) is 11.6 Å². The van der Waals surface area contributed by atoms with Crippen LogP contribution >= 0.6 is 0 Å². The smallest absolute Gasteiger partial charge is 0.417 e.